The third-order valence-corrected chi connectivity index (χ3v) is 4.27. The van der Waals surface area contributed by atoms with Crippen LogP contribution in [0.5, 0.6) is 0 Å². The molecule has 1 aromatic carbocycles. The molecule has 0 aliphatic carbocycles. The monoisotopic (exact) mass is 290 g/mol. The molecule has 2 rings (SSSR count). The second-order valence-electron chi connectivity index (χ2n) is 5.72. The van der Waals surface area contributed by atoms with E-state index in [-0.39, 0.29) is 18.1 Å². The number of nitrogens with zero attached hydrogens (tertiary/aromatic N) is 1. The smallest absolute Gasteiger partial charge is 0.241 e. The summed E-state index contributed by atoms with van der Waals surface area (Å²) in [5, 5.41) is 3.52. The number of carbonyl (C=O) groups excluding carboxylic acids is 1. The van der Waals surface area contributed by atoms with E-state index in [0.29, 0.717) is 12.5 Å². The molecule has 0 spiro atoms. The van der Waals surface area contributed by atoms with E-state index in [1.165, 1.54) is 0 Å². The van der Waals surface area contributed by atoms with Crippen LogP contribution in [0.2, 0.25) is 0 Å². The molecule has 1 heterocycles. The van der Waals surface area contributed by atoms with Gasteiger partial charge in [-0.15, -0.1) is 0 Å². The second-order valence-corrected chi connectivity index (χ2v) is 5.72. The van der Waals surface area contributed by atoms with Crippen LogP contribution >= 0.6 is 0 Å². The first-order valence-electron chi connectivity index (χ1n) is 7.79. The zero-order valence-electron chi connectivity index (χ0n) is 13.2. The lowest BCUT2D eigenvalue weighted by molar-refractivity contribution is -0.131. The molecule has 3 unspecified atom stereocenters. The van der Waals surface area contributed by atoms with E-state index in [1.807, 2.05) is 23.1 Å². The van der Waals surface area contributed by atoms with Gasteiger partial charge in [-0.2, -0.15) is 0 Å². The zero-order valence-corrected chi connectivity index (χ0v) is 13.2. The first-order valence-corrected chi connectivity index (χ1v) is 7.79. The molecule has 1 aromatic rings. The van der Waals surface area contributed by atoms with E-state index in [4.69, 9.17) is 4.74 Å². The molecule has 3 atom stereocenters. The Morgan fingerprint density at radius 3 is 2.67 bits per heavy atom. The van der Waals surface area contributed by atoms with Crippen LogP contribution in [0.1, 0.15) is 38.4 Å². The maximum absolute atomic E-state index is 12.7. The Bertz CT molecular complexity index is 449. The highest BCUT2D eigenvalue weighted by Crippen LogP contribution is 2.29. The first kappa shape index (κ1) is 16.0. The molecule has 0 saturated carbocycles. The van der Waals surface area contributed by atoms with Crippen LogP contribution in [0.4, 0.5) is 0 Å². The quantitative estimate of drug-likeness (QED) is 0.785. The average molecular weight is 290 g/mol. The van der Waals surface area contributed by atoms with E-state index >= 15 is 0 Å². The predicted molar refractivity (Wildman–Crippen MR) is 83.8 cm³/mol. The van der Waals surface area contributed by atoms with Crippen LogP contribution in [0.3, 0.4) is 0 Å². The molecule has 1 fully saturated rings. The average Bonchev–Trinajstić information content (AvgIpc) is 2.85. The Morgan fingerprint density at radius 2 is 2.05 bits per heavy atom. The van der Waals surface area contributed by atoms with Crippen molar-refractivity contribution in [2.24, 2.45) is 5.92 Å². The summed E-state index contributed by atoms with van der Waals surface area (Å²) in [7, 11) is 1.70. The molecule has 4 nitrogen and oxygen atoms in total. The van der Waals surface area contributed by atoms with Crippen molar-refractivity contribution in [2.45, 2.75) is 38.9 Å². The topological polar surface area (TPSA) is 41.6 Å². The van der Waals surface area contributed by atoms with E-state index in [9.17, 15) is 4.79 Å². The SMILES string of the molecule is CCC(C)C1NC(c2ccccc2)N(CCCOC)C1=O. The van der Waals surface area contributed by atoms with Crippen LogP contribution in [0, 0.1) is 5.92 Å². The Morgan fingerprint density at radius 1 is 1.33 bits per heavy atom. The molecule has 21 heavy (non-hydrogen) atoms. The molecule has 1 aliphatic rings. The molecule has 1 N–H and O–H groups in total. The maximum Gasteiger partial charge on any atom is 0.241 e. The minimum absolute atomic E-state index is 0.0189. The molecule has 1 aliphatic heterocycles. The summed E-state index contributed by atoms with van der Waals surface area (Å²) in [6.07, 6.45) is 1.84. The largest absolute Gasteiger partial charge is 0.385 e. The van der Waals surface area contributed by atoms with Gasteiger partial charge in [0.05, 0.1) is 6.04 Å². The summed E-state index contributed by atoms with van der Waals surface area (Å²) < 4.78 is 5.11. The van der Waals surface area contributed by atoms with Crippen LogP contribution in [-0.2, 0) is 9.53 Å². The highest BCUT2D eigenvalue weighted by Gasteiger charge is 2.41. The molecule has 0 radical (unpaired) electrons. The summed E-state index contributed by atoms with van der Waals surface area (Å²) in [5.74, 6) is 0.561. The number of hydrogen-bond donors (Lipinski definition) is 1. The van der Waals surface area contributed by atoms with Gasteiger partial charge in [0.15, 0.2) is 0 Å². The molecule has 4 heteroatoms. The Hall–Kier alpha value is -1.39. The normalized spacial score (nSPS) is 23.6. The van der Waals surface area contributed by atoms with Crippen molar-refractivity contribution in [1.29, 1.82) is 0 Å². The fraction of sp³-hybridized carbons (Fsp3) is 0.588. The first-order chi connectivity index (χ1) is 10.2. The third kappa shape index (κ3) is 3.63. The van der Waals surface area contributed by atoms with Crippen molar-refractivity contribution in [3.8, 4) is 0 Å². The molecule has 1 saturated heterocycles. The van der Waals surface area contributed by atoms with Gasteiger partial charge in [-0.25, -0.2) is 0 Å². The Labute approximate surface area is 127 Å². The second kappa shape index (κ2) is 7.57. The number of benzene rings is 1. The lowest BCUT2D eigenvalue weighted by Gasteiger charge is -2.24. The van der Waals surface area contributed by atoms with Crippen molar-refractivity contribution >= 4 is 5.91 Å². The van der Waals surface area contributed by atoms with Crippen LogP contribution in [0.25, 0.3) is 0 Å². The zero-order chi connectivity index (χ0) is 15.2. The van der Waals surface area contributed by atoms with Gasteiger partial charge in [0, 0.05) is 20.3 Å². The minimum atomic E-state index is -0.0808. The Balaban J connectivity index is 2.17. The summed E-state index contributed by atoms with van der Waals surface area (Å²) in [5.41, 5.74) is 1.15. The molecule has 116 valence electrons. The van der Waals surface area contributed by atoms with Crippen molar-refractivity contribution < 1.29 is 9.53 Å². The van der Waals surface area contributed by atoms with E-state index < -0.39 is 0 Å². The third-order valence-electron chi connectivity index (χ3n) is 4.27. The van der Waals surface area contributed by atoms with E-state index in [1.54, 1.807) is 7.11 Å². The number of carbonyl (C=O) groups is 1. The number of methoxy groups -OCH3 is 1. The number of hydrogen-bond acceptors (Lipinski definition) is 3. The molecular weight excluding hydrogens is 264 g/mol. The molecule has 0 bridgehead atoms. The van der Waals surface area contributed by atoms with Crippen LogP contribution in [-0.4, -0.2) is 37.1 Å². The van der Waals surface area contributed by atoms with Crippen molar-refractivity contribution in [3.63, 3.8) is 0 Å². The summed E-state index contributed by atoms with van der Waals surface area (Å²) in [6, 6.07) is 10.1. The number of amides is 1. The number of ether oxygens (including phenoxy) is 1. The highest BCUT2D eigenvalue weighted by atomic mass is 16.5. The number of nitrogens with one attached hydrogen (secondary N) is 1. The lowest BCUT2D eigenvalue weighted by atomic mass is 9.99. The predicted octanol–water partition coefficient (Wildman–Crippen LogP) is 2.57. The molecule has 1 amide bonds. The minimum Gasteiger partial charge on any atom is -0.385 e. The maximum atomic E-state index is 12.7. The highest BCUT2D eigenvalue weighted by molar-refractivity contribution is 5.84. The molecular formula is C17H26N2O2. The Kier molecular flexibility index (Phi) is 5.76. The fourth-order valence-electron chi connectivity index (χ4n) is 2.81. The summed E-state index contributed by atoms with van der Waals surface area (Å²) in [4.78, 5) is 14.7. The van der Waals surface area contributed by atoms with Gasteiger partial charge in [0.1, 0.15) is 6.17 Å². The van der Waals surface area contributed by atoms with Crippen LogP contribution < -0.4 is 5.32 Å². The summed E-state index contributed by atoms with van der Waals surface area (Å²) >= 11 is 0. The van der Waals surface area contributed by atoms with Crippen molar-refractivity contribution in [3.05, 3.63) is 35.9 Å². The van der Waals surface area contributed by atoms with Gasteiger partial charge in [-0.3, -0.25) is 10.1 Å². The van der Waals surface area contributed by atoms with Crippen molar-refractivity contribution in [1.82, 2.24) is 10.2 Å². The van der Waals surface area contributed by atoms with Gasteiger partial charge in [-0.1, -0.05) is 50.6 Å². The number of rotatable bonds is 7. The van der Waals surface area contributed by atoms with Gasteiger partial charge < -0.3 is 9.64 Å². The standard InChI is InChI=1S/C17H26N2O2/c1-4-13(2)15-17(20)19(11-8-12-21-3)16(18-15)14-9-6-5-7-10-14/h5-7,9-10,13,15-16,18H,4,8,11-12H2,1-3H3. The van der Waals surface area contributed by atoms with Gasteiger partial charge in [0.2, 0.25) is 5.91 Å². The molecule has 0 aromatic heterocycles. The lowest BCUT2D eigenvalue weighted by Crippen LogP contribution is -2.36. The van der Waals surface area contributed by atoms with Crippen LogP contribution in [0.15, 0.2) is 30.3 Å². The van der Waals surface area contributed by atoms with Gasteiger partial charge in [0.25, 0.3) is 0 Å². The van der Waals surface area contributed by atoms with Gasteiger partial charge >= 0.3 is 0 Å². The van der Waals surface area contributed by atoms with E-state index in [2.05, 4.69) is 31.3 Å². The van der Waals surface area contributed by atoms with Crippen molar-refractivity contribution in [2.75, 3.05) is 20.3 Å². The van der Waals surface area contributed by atoms with E-state index in [0.717, 1.165) is 24.9 Å². The summed E-state index contributed by atoms with van der Waals surface area (Å²) in [6.45, 7) is 5.67. The fourth-order valence-corrected chi connectivity index (χ4v) is 2.81. The van der Waals surface area contributed by atoms with Gasteiger partial charge in [-0.05, 0) is 17.9 Å².